The third-order valence-electron chi connectivity index (χ3n) is 3.31. The normalized spacial score (nSPS) is 10.7. The first-order chi connectivity index (χ1) is 12.9. The van der Waals surface area contributed by atoms with Crippen LogP contribution in [0.2, 0.25) is 5.02 Å². The van der Waals surface area contributed by atoms with Gasteiger partial charge in [-0.3, -0.25) is 4.79 Å². The van der Waals surface area contributed by atoms with Gasteiger partial charge in [0.15, 0.2) is 6.61 Å². The maximum absolute atomic E-state index is 12.3. The van der Waals surface area contributed by atoms with Crippen molar-refractivity contribution in [3.8, 4) is 11.8 Å². The molecule has 0 saturated heterocycles. The van der Waals surface area contributed by atoms with E-state index in [4.69, 9.17) is 16.3 Å². The van der Waals surface area contributed by atoms with E-state index in [2.05, 4.69) is 10.1 Å². The molecule has 8 heteroatoms. The molecule has 0 unspecified atom stereocenters. The first-order valence-electron chi connectivity index (χ1n) is 7.61. The van der Waals surface area contributed by atoms with Crippen molar-refractivity contribution >= 4 is 57.8 Å². The molecule has 0 fully saturated rings. The maximum Gasteiger partial charge on any atom is 0.343 e. The van der Waals surface area contributed by atoms with Crippen molar-refractivity contribution < 1.29 is 19.1 Å². The second-order valence-electron chi connectivity index (χ2n) is 5.19. The molecule has 27 heavy (non-hydrogen) atoms. The van der Waals surface area contributed by atoms with Crippen molar-refractivity contribution in [1.82, 2.24) is 0 Å². The van der Waals surface area contributed by atoms with E-state index in [0.717, 1.165) is 3.57 Å². The Morgan fingerprint density at radius 2 is 1.96 bits per heavy atom. The molecule has 2 aromatic rings. The number of nitrogens with one attached hydrogen (secondary N) is 1. The van der Waals surface area contributed by atoms with Crippen LogP contribution >= 0.6 is 34.2 Å². The van der Waals surface area contributed by atoms with Gasteiger partial charge in [0.2, 0.25) is 0 Å². The molecule has 0 radical (unpaired) electrons. The number of anilines is 1. The molecule has 0 saturated carbocycles. The molecule has 0 aliphatic rings. The molecule has 6 nitrogen and oxygen atoms in total. The number of carbonyl (C=O) groups excluding carboxylic acids is 2. The zero-order valence-corrected chi connectivity index (χ0v) is 17.1. The van der Waals surface area contributed by atoms with Crippen LogP contribution in [-0.2, 0) is 14.3 Å². The van der Waals surface area contributed by atoms with Crippen molar-refractivity contribution in [2.45, 2.75) is 0 Å². The van der Waals surface area contributed by atoms with Gasteiger partial charge in [0, 0.05) is 10.7 Å². The molecule has 0 aliphatic heterocycles. The summed E-state index contributed by atoms with van der Waals surface area (Å²) in [5.74, 6) is -0.511. The maximum atomic E-state index is 12.3. The molecule has 2 aromatic carbocycles. The number of benzene rings is 2. The van der Waals surface area contributed by atoms with Crippen molar-refractivity contribution in [3.05, 3.63) is 62.2 Å². The summed E-state index contributed by atoms with van der Waals surface area (Å²) < 4.78 is 10.6. The lowest BCUT2D eigenvalue weighted by atomic mass is 10.1. The summed E-state index contributed by atoms with van der Waals surface area (Å²) in [7, 11) is 1.28. The van der Waals surface area contributed by atoms with Crippen molar-refractivity contribution in [3.63, 3.8) is 0 Å². The fourth-order valence-electron chi connectivity index (χ4n) is 1.97. The Morgan fingerprint density at radius 3 is 2.56 bits per heavy atom. The van der Waals surface area contributed by atoms with Gasteiger partial charge >= 0.3 is 5.97 Å². The molecule has 1 amide bonds. The lowest BCUT2D eigenvalue weighted by molar-refractivity contribution is -0.142. The Balaban J connectivity index is 2.13. The average molecular weight is 497 g/mol. The molecular formula is C19H14ClIN2O4. The Kier molecular flexibility index (Phi) is 7.64. The summed E-state index contributed by atoms with van der Waals surface area (Å²) in [6.07, 6.45) is 1.47. The fraction of sp³-hybridized carbons (Fsp3) is 0.105. The third kappa shape index (κ3) is 6.27. The number of rotatable bonds is 6. The van der Waals surface area contributed by atoms with Crippen LogP contribution in [0.3, 0.4) is 0 Å². The first-order valence-corrected chi connectivity index (χ1v) is 9.06. The van der Waals surface area contributed by atoms with E-state index in [1.54, 1.807) is 42.5 Å². The SMILES string of the molecule is COC(=O)COc1ccc(/C=C(/C#N)C(=O)Nc2ccc(Cl)cc2)cc1I. The zero-order chi connectivity index (χ0) is 19.8. The van der Waals surface area contributed by atoms with Gasteiger partial charge in [-0.2, -0.15) is 5.26 Å². The van der Waals surface area contributed by atoms with Crippen LogP contribution in [0.4, 0.5) is 5.69 Å². The number of nitrogens with zero attached hydrogens (tertiary/aromatic N) is 1. The molecule has 2 rings (SSSR count). The fourth-order valence-corrected chi connectivity index (χ4v) is 2.79. The smallest absolute Gasteiger partial charge is 0.343 e. The number of hydrogen-bond acceptors (Lipinski definition) is 5. The van der Waals surface area contributed by atoms with Crippen LogP contribution in [0.1, 0.15) is 5.56 Å². The summed E-state index contributed by atoms with van der Waals surface area (Å²) in [6, 6.07) is 13.5. The molecule has 0 bridgehead atoms. The minimum Gasteiger partial charge on any atom is -0.481 e. The highest BCUT2D eigenvalue weighted by Gasteiger charge is 2.11. The molecule has 0 atom stereocenters. The molecule has 138 valence electrons. The zero-order valence-electron chi connectivity index (χ0n) is 14.2. The Morgan fingerprint density at radius 1 is 1.26 bits per heavy atom. The number of halogens is 2. The highest BCUT2D eigenvalue weighted by molar-refractivity contribution is 14.1. The number of nitriles is 1. The second-order valence-corrected chi connectivity index (χ2v) is 6.78. The Labute approximate surface area is 174 Å². The monoisotopic (exact) mass is 496 g/mol. The quantitative estimate of drug-likeness (QED) is 0.282. The van der Waals surface area contributed by atoms with Crippen LogP contribution in [0.15, 0.2) is 48.0 Å². The van der Waals surface area contributed by atoms with Crippen LogP contribution in [0.5, 0.6) is 5.75 Å². The lowest BCUT2D eigenvalue weighted by Crippen LogP contribution is -2.13. The first kappa shape index (κ1) is 20.7. The van der Waals surface area contributed by atoms with E-state index >= 15 is 0 Å². The van der Waals surface area contributed by atoms with Gasteiger partial charge in [-0.05, 0) is 70.6 Å². The number of carbonyl (C=O) groups is 2. The predicted molar refractivity (Wildman–Crippen MR) is 110 cm³/mol. The molecule has 0 aromatic heterocycles. The van der Waals surface area contributed by atoms with Crippen molar-refractivity contribution in [2.24, 2.45) is 0 Å². The van der Waals surface area contributed by atoms with Gasteiger partial charge in [-0.1, -0.05) is 17.7 Å². The lowest BCUT2D eigenvalue weighted by Gasteiger charge is -2.08. The van der Waals surface area contributed by atoms with Crippen molar-refractivity contribution in [1.29, 1.82) is 5.26 Å². The van der Waals surface area contributed by atoms with Crippen LogP contribution in [0.25, 0.3) is 6.08 Å². The Bertz CT molecular complexity index is 920. The van der Waals surface area contributed by atoms with Gasteiger partial charge < -0.3 is 14.8 Å². The van der Waals surface area contributed by atoms with Crippen LogP contribution in [-0.4, -0.2) is 25.6 Å². The Hall–Kier alpha value is -2.57. The minimum absolute atomic E-state index is 0.0519. The molecule has 0 heterocycles. The number of methoxy groups -OCH3 is 1. The summed E-state index contributed by atoms with van der Waals surface area (Å²) in [5, 5.41) is 12.5. The van der Waals surface area contributed by atoms with E-state index in [0.29, 0.717) is 22.0 Å². The van der Waals surface area contributed by atoms with E-state index in [9.17, 15) is 14.9 Å². The summed E-state index contributed by atoms with van der Waals surface area (Å²) in [5.41, 5.74) is 1.13. The predicted octanol–water partition coefficient (Wildman–Crippen LogP) is 4.04. The number of amides is 1. The summed E-state index contributed by atoms with van der Waals surface area (Å²) in [4.78, 5) is 23.4. The van der Waals surface area contributed by atoms with Gasteiger partial charge in [0.05, 0.1) is 10.7 Å². The van der Waals surface area contributed by atoms with Gasteiger partial charge in [0.1, 0.15) is 17.4 Å². The third-order valence-corrected chi connectivity index (χ3v) is 4.40. The van der Waals surface area contributed by atoms with E-state index in [1.807, 2.05) is 28.7 Å². The number of esters is 1. The molecule has 0 aliphatic carbocycles. The highest BCUT2D eigenvalue weighted by Crippen LogP contribution is 2.23. The van der Waals surface area contributed by atoms with E-state index in [-0.39, 0.29) is 12.2 Å². The van der Waals surface area contributed by atoms with Gasteiger partial charge in [0.25, 0.3) is 5.91 Å². The largest absolute Gasteiger partial charge is 0.481 e. The standard InChI is InChI=1S/C19H14ClIN2O4/c1-26-18(24)11-27-17-7-2-12(9-16(17)21)8-13(10-22)19(25)23-15-5-3-14(20)4-6-15/h2-9H,11H2,1H3,(H,23,25)/b13-8-. The molecule has 0 spiro atoms. The highest BCUT2D eigenvalue weighted by atomic mass is 127. The van der Waals surface area contributed by atoms with E-state index < -0.39 is 11.9 Å². The minimum atomic E-state index is -0.527. The summed E-state index contributed by atoms with van der Waals surface area (Å²) >= 11 is 7.85. The summed E-state index contributed by atoms with van der Waals surface area (Å²) in [6.45, 7) is -0.200. The van der Waals surface area contributed by atoms with Crippen LogP contribution < -0.4 is 10.1 Å². The van der Waals surface area contributed by atoms with Crippen molar-refractivity contribution in [2.75, 3.05) is 19.0 Å². The molecule has 1 N–H and O–H groups in total. The number of hydrogen-bond donors (Lipinski definition) is 1. The number of ether oxygens (including phenoxy) is 2. The average Bonchev–Trinajstić information content (AvgIpc) is 2.66. The second kappa shape index (κ2) is 9.94. The topological polar surface area (TPSA) is 88.4 Å². The van der Waals surface area contributed by atoms with Gasteiger partial charge in [-0.25, -0.2) is 4.79 Å². The molecular weight excluding hydrogens is 483 g/mol. The van der Waals surface area contributed by atoms with Gasteiger partial charge in [-0.15, -0.1) is 0 Å². The van der Waals surface area contributed by atoms with Crippen LogP contribution in [0, 0.1) is 14.9 Å². The van der Waals surface area contributed by atoms with E-state index in [1.165, 1.54) is 13.2 Å².